The maximum absolute atomic E-state index is 12.1. The van der Waals surface area contributed by atoms with E-state index in [0.29, 0.717) is 24.7 Å². The summed E-state index contributed by atoms with van der Waals surface area (Å²) in [6.45, 7) is 14.5. The van der Waals surface area contributed by atoms with Crippen LogP contribution in [0, 0.1) is 0 Å². The third-order valence-corrected chi connectivity index (χ3v) is 11.1. The third kappa shape index (κ3) is 4.31. The highest BCUT2D eigenvalue weighted by molar-refractivity contribution is 7.17. The normalized spacial score (nSPS) is 13.9. The number of pyridine rings is 1. The van der Waals surface area contributed by atoms with Crippen molar-refractivity contribution in [3.05, 3.63) is 34.3 Å². The lowest BCUT2D eigenvalue weighted by molar-refractivity contribution is 0.0532. The first-order chi connectivity index (χ1) is 13.1. The Morgan fingerprint density at radius 1 is 1.32 bits per heavy atom. The number of esters is 1. The fourth-order valence-corrected chi connectivity index (χ4v) is 4.78. The SMILES string of the molecule is CCOC(=O)c1cc2c(s1)-c1ncc(CO[Si](C)(C)C(C)(C)C)cc1OCC2. The summed E-state index contributed by atoms with van der Waals surface area (Å²) in [6.07, 6.45) is 2.60. The van der Waals surface area contributed by atoms with Gasteiger partial charge in [-0.2, -0.15) is 0 Å². The predicted octanol–water partition coefficient (Wildman–Crippen LogP) is 5.44. The lowest BCUT2D eigenvalue weighted by Crippen LogP contribution is -2.40. The molecule has 2 aromatic heterocycles. The van der Waals surface area contributed by atoms with Crippen LogP contribution < -0.4 is 4.74 Å². The minimum atomic E-state index is -1.83. The second-order valence-corrected chi connectivity index (χ2v) is 14.4. The molecular formula is C21H29NO4SSi. The molecule has 0 unspecified atom stereocenters. The van der Waals surface area contributed by atoms with E-state index in [9.17, 15) is 4.79 Å². The minimum Gasteiger partial charge on any atom is -0.491 e. The summed E-state index contributed by atoms with van der Waals surface area (Å²) in [5, 5.41) is 0.165. The number of nitrogens with zero attached hydrogens (tertiary/aromatic N) is 1. The Bertz CT molecular complexity index is 870. The summed E-state index contributed by atoms with van der Waals surface area (Å²) in [7, 11) is -1.83. The van der Waals surface area contributed by atoms with Crippen molar-refractivity contribution in [2.75, 3.05) is 13.2 Å². The first kappa shape index (κ1) is 21.0. The molecular weight excluding hydrogens is 390 g/mol. The van der Waals surface area contributed by atoms with E-state index in [2.05, 4.69) is 38.8 Å². The van der Waals surface area contributed by atoms with Crippen molar-refractivity contribution in [3.63, 3.8) is 0 Å². The van der Waals surface area contributed by atoms with Gasteiger partial charge in [0.25, 0.3) is 0 Å². The van der Waals surface area contributed by atoms with Gasteiger partial charge in [-0.25, -0.2) is 4.79 Å². The van der Waals surface area contributed by atoms with Crippen LogP contribution in [0.2, 0.25) is 18.1 Å². The first-order valence-electron chi connectivity index (χ1n) is 9.68. The van der Waals surface area contributed by atoms with Gasteiger partial charge in [-0.1, -0.05) is 20.8 Å². The number of hydrogen-bond donors (Lipinski definition) is 0. The van der Waals surface area contributed by atoms with E-state index in [0.717, 1.165) is 33.9 Å². The molecule has 0 fully saturated rings. The molecule has 3 rings (SSSR count). The van der Waals surface area contributed by atoms with E-state index in [1.165, 1.54) is 11.3 Å². The average molecular weight is 420 g/mol. The number of carbonyl (C=O) groups excluding carboxylic acids is 1. The van der Waals surface area contributed by atoms with Crippen LogP contribution in [-0.4, -0.2) is 32.5 Å². The van der Waals surface area contributed by atoms with E-state index < -0.39 is 8.32 Å². The molecule has 1 aliphatic rings. The van der Waals surface area contributed by atoms with E-state index in [4.69, 9.17) is 13.9 Å². The highest BCUT2D eigenvalue weighted by Gasteiger charge is 2.37. The number of aromatic nitrogens is 1. The van der Waals surface area contributed by atoms with E-state index >= 15 is 0 Å². The van der Waals surface area contributed by atoms with Gasteiger partial charge in [-0.15, -0.1) is 11.3 Å². The number of rotatable bonds is 5. The van der Waals surface area contributed by atoms with Crippen LogP contribution in [0.4, 0.5) is 0 Å². The number of carbonyl (C=O) groups is 1. The van der Waals surface area contributed by atoms with Gasteiger partial charge in [0.2, 0.25) is 0 Å². The van der Waals surface area contributed by atoms with Crippen molar-refractivity contribution in [1.82, 2.24) is 4.98 Å². The van der Waals surface area contributed by atoms with Crippen molar-refractivity contribution >= 4 is 25.6 Å². The van der Waals surface area contributed by atoms with E-state index in [1.807, 2.05) is 25.3 Å². The van der Waals surface area contributed by atoms with Crippen molar-refractivity contribution in [3.8, 4) is 16.3 Å². The molecule has 28 heavy (non-hydrogen) atoms. The van der Waals surface area contributed by atoms with Crippen molar-refractivity contribution in [1.29, 1.82) is 0 Å². The van der Waals surface area contributed by atoms with Crippen molar-refractivity contribution in [2.45, 2.75) is 58.9 Å². The van der Waals surface area contributed by atoms with E-state index in [1.54, 1.807) is 0 Å². The Kier molecular flexibility index (Phi) is 5.98. The fraction of sp³-hybridized carbons (Fsp3) is 0.524. The second kappa shape index (κ2) is 7.97. The molecule has 2 aromatic rings. The summed E-state index contributed by atoms with van der Waals surface area (Å²) in [6, 6.07) is 3.93. The van der Waals surface area contributed by atoms with Gasteiger partial charge in [0.15, 0.2) is 8.32 Å². The smallest absolute Gasteiger partial charge is 0.348 e. The molecule has 1 aliphatic heterocycles. The number of thiophene rings is 1. The highest BCUT2D eigenvalue weighted by Crippen LogP contribution is 2.41. The molecule has 7 heteroatoms. The van der Waals surface area contributed by atoms with Crippen LogP contribution in [0.3, 0.4) is 0 Å². The Morgan fingerprint density at radius 2 is 2.07 bits per heavy atom. The van der Waals surface area contributed by atoms with Crippen LogP contribution >= 0.6 is 11.3 Å². The van der Waals surface area contributed by atoms with Crippen molar-refractivity contribution in [2.24, 2.45) is 0 Å². The zero-order valence-corrected chi connectivity index (χ0v) is 19.4. The number of hydrogen-bond acceptors (Lipinski definition) is 6. The Labute approximate surface area is 172 Å². The highest BCUT2D eigenvalue weighted by atomic mass is 32.1. The quantitative estimate of drug-likeness (QED) is 0.477. The maximum Gasteiger partial charge on any atom is 0.348 e. The molecule has 0 spiro atoms. The molecule has 0 saturated carbocycles. The standard InChI is InChI=1S/C21H29NO4SSi/c1-7-24-20(23)17-11-15-8-9-25-16-10-14(12-22-18(16)19(15)27-17)13-26-28(5,6)21(2,3)4/h10-12H,7-9,13H2,1-6H3. The lowest BCUT2D eigenvalue weighted by atomic mass is 10.1. The Hall–Kier alpha value is -1.70. The molecule has 0 saturated heterocycles. The molecule has 0 aliphatic carbocycles. The van der Waals surface area contributed by atoms with Crippen LogP contribution in [0.25, 0.3) is 10.6 Å². The molecule has 0 bridgehead atoms. The van der Waals surface area contributed by atoms with Crippen LogP contribution in [-0.2, 0) is 22.2 Å². The molecule has 0 amide bonds. The summed E-state index contributed by atoms with van der Waals surface area (Å²) in [5.74, 6) is 0.481. The summed E-state index contributed by atoms with van der Waals surface area (Å²) < 4.78 is 17.4. The molecule has 0 aromatic carbocycles. The van der Waals surface area contributed by atoms with Gasteiger partial charge in [-0.3, -0.25) is 4.98 Å². The summed E-state index contributed by atoms with van der Waals surface area (Å²) in [5.41, 5.74) is 2.89. The Morgan fingerprint density at radius 3 is 2.75 bits per heavy atom. The monoisotopic (exact) mass is 419 g/mol. The minimum absolute atomic E-state index is 0.165. The number of ether oxygens (including phenoxy) is 2. The van der Waals surface area contributed by atoms with Gasteiger partial charge >= 0.3 is 5.97 Å². The molecule has 0 atom stereocenters. The fourth-order valence-electron chi connectivity index (χ4n) is 2.71. The average Bonchev–Trinajstić information content (AvgIpc) is 2.96. The zero-order valence-electron chi connectivity index (χ0n) is 17.5. The van der Waals surface area contributed by atoms with Gasteiger partial charge in [0.1, 0.15) is 16.3 Å². The molecule has 152 valence electrons. The summed E-state index contributed by atoms with van der Waals surface area (Å²) in [4.78, 5) is 18.4. The lowest BCUT2D eigenvalue weighted by Gasteiger charge is -2.36. The molecule has 0 radical (unpaired) electrons. The molecule has 5 nitrogen and oxygen atoms in total. The topological polar surface area (TPSA) is 57.7 Å². The Balaban J connectivity index is 1.85. The van der Waals surface area contributed by atoms with Gasteiger partial charge < -0.3 is 13.9 Å². The maximum atomic E-state index is 12.1. The second-order valence-electron chi connectivity index (χ2n) is 8.52. The number of fused-ring (bicyclic) bond motifs is 3. The van der Waals surface area contributed by atoms with Crippen LogP contribution in [0.15, 0.2) is 18.3 Å². The largest absolute Gasteiger partial charge is 0.491 e. The molecule has 0 N–H and O–H groups in total. The van der Waals surface area contributed by atoms with Gasteiger partial charge in [0, 0.05) is 12.6 Å². The summed E-state index contributed by atoms with van der Waals surface area (Å²) >= 11 is 1.42. The van der Waals surface area contributed by atoms with Crippen molar-refractivity contribution < 1.29 is 18.7 Å². The third-order valence-electron chi connectivity index (χ3n) is 5.44. The zero-order chi connectivity index (χ0) is 20.5. The first-order valence-corrected chi connectivity index (χ1v) is 13.4. The molecule has 3 heterocycles. The van der Waals surface area contributed by atoms with Gasteiger partial charge in [-0.05, 0) is 48.3 Å². The predicted molar refractivity (Wildman–Crippen MR) is 115 cm³/mol. The van der Waals surface area contributed by atoms with E-state index in [-0.39, 0.29) is 11.0 Å². The van der Waals surface area contributed by atoms with Crippen LogP contribution in [0.5, 0.6) is 5.75 Å². The van der Waals surface area contributed by atoms with Crippen LogP contribution in [0.1, 0.15) is 48.5 Å². The van der Waals surface area contributed by atoms with Gasteiger partial charge in [0.05, 0.1) is 24.7 Å².